The summed E-state index contributed by atoms with van der Waals surface area (Å²) in [6.07, 6.45) is 1.14. The van der Waals surface area contributed by atoms with E-state index >= 15 is 0 Å². The number of piperidine rings is 1. The quantitative estimate of drug-likeness (QED) is 0.706. The number of piperazine rings is 1. The monoisotopic (exact) mass is 459 g/mol. The standard InChI is InChI=1S/C21H33N5O2.2ClH/c1-21(2,25-8-6-24(3)7-9-25)14-23-19(27)17-4-5-18-16-10-15(11-22-12-16)13-26(18)20(17)28;;/h4-5,15-16,22H,6-14H2,1-3H3,(H,23,27);2*1H/t15-,16+;;/m0../s1. The first-order valence-corrected chi connectivity index (χ1v) is 10.5. The number of fused-ring (bicyclic) bond motifs is 4. The molecule has 0 saturated carbocycles. The Morgan fingerprint density at radius 1 is 1.17 bits per heavy atom. The van der Waals surface area contributed by atoms with Crippen LogP contribution in [0.5, 0.6) is 0 Å². The summed E-state index contributed by atoms with van der Waals surface area (Å²) in [6.45, 7) is 11.5. The fourth-order valence-electron chi connectivity index (χ4n) is 4.88. The minimum Gasteiger partial charge on any atom is -0.350 e. The van der Waals surface area contributed by atoms with Crippen molar-refractivity contribution in [3.63, 3.8) is 0 Å². The predicted octanol–water partition coefficient (Wildman–Crippen LogP) is 1.15. The van der Waals surface area contributed by atoms with Crippen LogP contribution in [0.3, 0.4) is 0 Å². The van der Waals surface area contributed by atoms with Gasteiger partial charge in [0, 0.05) is 63.0 Å². The van der Waals surface area contributed by atoms with Gasteiger partial charge in [0.25, 0.3) is 11.5 Å². The first kappa shape index (κ1) is 25.1. The molecule has 1 aromatic rings. The van der Waals surface area contributed by atoms with Crippen LogP contribution in [-0.4, -0.2) is 78.7 Å². The maximum atomic E-state index is 13.0. The van der Waals surface area contributed by atoms with Gasteiger partial charge in [-0.15, -0.1) is 24.8 Å². The summed E-state index contributed by atoms with van der Waals surface area (Å²) in [7, 11) is 2.14. The minimum absolute atomic E-state index is 0. The fraction of sp³-hybridized carbons (Fsp3) is 0.714. The van der Waals surface area contributed by atoms with Crippen molar-refractivity contribution in [3.8, 4) is 0 Å². The first-order valence-electron chi connectivity index (χ1n) is 10.5. The van der Waals surface area contributed by atoms with Gasteiger partial charge >= 0.3 is 0 Å². The number of likely N-dealkylation sites (N-methyl/N-ethyl adjacent to an activating group) is 1. The summed E-state index contributed by atoms with van der Waals surface area (Å²) in [4.78, 5) is 30.6. The molecular weight excluding hydrogens is 425 g/mol. The van der Waals surface area contributed by atoms with Crippen molar-refractivity contribution >= 4 is 30.7 Å². The number of amides is 1. The van der Waals surface area contributed by atoms with E-state index in [1.165, 1.54) is 0 Å². The number of rotatable bonds is 4. The van der Waals surface area contributed by atoms with Crippen molar-refractivity contribution in [2.45, 2.75) is 38.3 Å². The van der Waals surface area contributed by atoms with Gasteiger partial charge in [-0.25, -0.2) is 0 Å². The van der Waals surface area contributed by atoms with Gasteiger partial charge in [0.2, 0.25) is 0 Å². The van der Waals surface area contributed by atoms with Gasteiger partial charge in [-0.3, -0.25) is 14.5 Å². The molecule has 2 N–H and O–H groups in total. The Morgan fingerprint density at radius 2 is 1.87 bits per heavy atom. The van der Waals surface area contributed by atoms with E-state index in [1.54, 1.807) is 6.07 Å². The second-order valence-electron chi connectivity index (χ2n) is 9.33. The second kappa shape index (κ2) is 10.0. The van der Waals surface area contributed by atoms with Crippen molar-refractivity contribution in [2.75, 3.05) is 52.9 Å². The third kappa shape index (κ3) is 5.02. The molecule has 2 atom stereocenters. The molecule has 2 bridgehead atoms. The van der Waals surface area contributed by atoms with Crippen LogP contribution in [0.15, 0.2) is 16.9 Å². The Balaban J connectivity index is 0.00000160. The number of nitrogens with zero attached hydrogens (tertiary/aromatic N) is 3. The molecule has 2 saturated heterocycles. The first-order chi connectivity index (χ1) is 13.3. The zero-order valence-corrected chi connectivity index (χ0v) is 19.8. The molecule has 9 heteroatoms. The van der Waals surface area contributed by atoms with E-state index in [2.05, 4.69) is 41.3 Å². The molecule has 7 nitrogen and oxygen atoms in total. The van der Waals surface area contributed by atoms with Crippen LogP contribution in [0.4, 0.5) is 0 Å². The molecule has 2 fully saturated rings. The Kier molecular flexibility index (Phi) is 8.38. The lowest BCUT2D eigenvalue weighted by Gasteiger charge is -2.43. The maximum absolute atomic E-state index is 13.0. The van der Waals surface area contributed by atoms with Gasteiger partial charge in [0.1, 0.15) is 5.56 Å². The number of halogens is 2. The number of pyridine rings is 1. The van der Waals surface area contributed by atoms with Gasteiger partial charge in [-0.2, -0.15) is 0 Å². The number of aromatic nitrogens is 1. The van der Waals surface area contributed by atoms with Crippen molar-refractivity contribution < 1.29 is 4.79 Å². The molecule has 170 valence electrons. The van der Waals surface area contributed by atoms with E-state index in [0.717, 1.165) is 51.4 Å². The Labute approximate surface area is 191 Å². The van der Waals surface area contributed by atoms with Gasteiger partial charge in [0.15, 0.2) is 0 Å². The van der Waals surface area contributed by atoms with Crippen LogP contribution >= 0.6 is 24.8 Å². The zero-order chi connectivity index (χ0) is 19.9. The highest BCUT2D eigenvalue weighted by molar-refractivity contribution is 5.93. The van der Waals surface area contributed by atoms with Gasteiger partial charge in [-0.1, -0.05) is 0 Å². The highest BCUT2D eigenvalue weighted by Gasteiger charge is 2.33. The van der Waals surface area contributed by atoms with E-state index in [4.69, 9.17) is 0 Å². The normalized spacial score (nSPS) is 24.2. The largest absolute Gasteiger partial charge is 0.350 e. The Morgan fingerprint density at radius 3 is 2.57 bits per heavy atom. The molecule has 1 amide bonds. The molecule has 1 aromatic heterocycles. The molecule has 3 aliphatic heterocycles. The average molecular weight is 460 g/mol. The van der Waals surface area contributed by atoms with E-state index in [9.17, 15) is 9.59 Å². The van der Waals surface area contributed by atoms with Crippen molar-refractivity contribution in [1.82, 2.24) is 25.0 Å². The van der Waals surface area contributed by atoms with Crippen LogP contribution < -0.4 is 16.2 Å². The minimum atomic E-state index is -0.253. The SMILES string of the molecule is CN1CCN(C(C)(C)CNC(=O)c2ccc3n(c2=O)C[C@@H]2CNC[C@H]3C2)CC1.Cl.Cl. The van der Waals surface area contributed by atoms with Crippen molar-refractivity contribution in [3.05, 3.63) is 33.7 Å². The molecule has 0 aliphatic carbocycles. The van der Waals surface area contributed by atoms with Gasteiger partial charge in [-0.05, 0) is 51.9 Å². The molecule has 0 radical (unpaired) electrons. The van der Waals surface area contributed by atoms with Crippen molar-refractivity contribution in [2.24, 2.45) is 5.92 Å². The molecule has 3 aliphatic rings. The average Bonchev–Trinajstić information content (AvgIpc) is 2.68. The second-order valence-corrected chi connectivity index (χ2v) is 9.33. The lowest BCUT2D eigenvalue weighted by atomic mass is 9.84. The molecule has 4 rings (SSSR count). The van der Waals surface area contributed by atoms with Crippen molar-refractivity contribution in [1.29, 1.82) is 0 Å². The van der Waals surface area contributed by atoms with E-state index in [0.29, 0.717) is 24.9 Å². The molecule has 4 heterocycles. The topological polar surface area (TPSA) is 69.6 Å². The number of carbonyl (C=O) groups excluding carboxylic acids is 1. The third-order valence-electron chi connectivity index (χ3n) is 6.79. The third-order valence-corrected chi connectivity index (χ3v) is 6.79. The lowest BCUT2D eigenvalue weighted by Crippen LogP contribution is -2.58. The smallest absolute Gasteiger partial charge is 0.263 e. The fourth-order valence-corrected chi connectivity index (χ4v) is 4.88. The van der Waals surface area contributed by atoms with Crippen LogP contribution in [0.2, 0.25) is 0 Å². The van der Waals surface area contributed by atoms with Gasteiger partial charge < -0.3 is 20.1 Å². The van der Waals surface area contributed by atoms with E-state index in [1.807, 2.05) is 10.6 Å². The van der Waals surface area contributed by atoms with Crippen LogP contribution in [0, 0.1) is 5.92 Å². The van der Waals surface area contributed by atoms with E-state index in [-0.39, 0.29) is 47.4 Å². The zero-order valence-electron chi connectivity index (χ0n) is 18.1. The summed E-state index contributed by atoms with van der Waals surface area (Å²) < 4.78 is 1.85. The molecular formula is C21H35Cl2N5O2. The number of nitrogens with one attached hydrogen (secondary N) is 2. The summed E-state index contributed by atoms with van der Waals surface area (Å²) in [6, 6.07) is 3.71. The number of hydrogen-bond donors (Lipinski definition) is 2. The van der Waals surface area contributed by atoms with Gasteiger partial charge in [0.05, 0.1) is 0 Å². The highest BCUT2D eigenvalue weighted by Crippen LogP contribution is 2.31. The number of carbonyl (C=O) groups is 1. The summed E-state index contributed by atoms with van der Waals surface area (Å²) in [5.41, 5.74) is 1.07. The lowest BCUT2D eigenvalue weighted by molar-refractivity contribution is 0.0587. The summed E-state index contributed by atoms with van der Waals surface area (Å²) in [5.74, 6) is 0.614. The van der Waals surface area contributed by atoms with Crippen LogP contribution in [-0.2, 0) is 6.54 Å². The molecule has 0 unspecified atom stereocenters. The van der Waals surface area contributed by atoms with Crippen LogP contribution in [0.1, 0.15) is 42.2 Å². The Bertz CT molecular complexity index is 805. The van der Waals surface area contributed by atoms with E-state index < -0.39 is 0 Å². The molecule has 0 aromatic carbocycles. The summed E-state index contributed by atoms with van der Waals surface area (Å²) in [5, 5.41) is 6.48. The Hall–Kier alpha value is -1.12. The molecule has 30 heavy (non-hydrogen) atoms. The number of hydrogen-bond acceptors (Lipinski definition) is 5. The van der Waals surface area contributed by atoms with Crippen LogP contribution in [0.25, 0.3) is 0 Å². The predicted molar refractivity (Wildman–Crippen MR) is 124 cm³/mol. The summed E-state index contributed by atoms with van der Waals surface area (Å²) >= 11 is 0. The highest BCUT2D eigenvalue weighted by atomic mass is 35.5. The molecule has 0 spiro atoms. The maximum Gasteiger partial charge on any atom is 0.263 e.